The molecule has 0 heterocycles. The molecule has 0 rings (SSSR count). The van der Waals surface area contributed by atoms with Gasteiger partial charge in [0.1, 0.15) is 0 Å². The number of halogens is 1. The van der Waals surface area contributed by atoms with Gasteiger partial charge in [0.25, 0.3) is 0 Å². The minimum Gasteiger partial charge on any atom is -0.371 e. The summed E-state index contributed by atoms with van der Waals surface area (Å²) < 4.78 is 15.7. The highest BCUT2D eigenvalue weighted by Gasteiger charge is 2.16. The highest BCUT2D eigenvalue weighted by molar-refractivity contribution is 6.36. The van der Waals surface area contributed by atoms with E-state index in [1.54, 1.807) is 6.08 Å². The molecule has 0 aliphatic heterocycles. The number of hydrogen-bond acceptors (Lipinski definition) is 3. The zero-order valence-corrected chi connectivity index (χ0v) is 9.13. The van der Waals surface area contributed by atoms with Gasteiger partial charge >= 0.3 is 9.53 Å². The Morgan fingerprint density at radius 1 is 1.17 bits per heavy atom. The van der Waals surface area contributed by atoms with Crippen LogP contribution in [0.3, 0.4) is 0 Å². The van der Waals surface area contributed by atoms with Gasteiger partial charge in [0.2, 0.25) is 0 Å². The van der Waals surface area contributed by atoms with Crippen molar-refractivity contribution in [2.24, 2.45) is 0 Å². The molecule has 5 heteroatoms. The Bertz CT molecular complexity index is 115. The summed E-state index contributed by atoms with van der Waals surface area (Å²) in [6.07, 6.45) is 1.70. The highest BCUT2D eigenvalue weighted by Crippen LogP contribution is 1.93. The molecule has 0 fully saturated rings. The highest BCUT2D eigenvalue weighted by atomic mass is 35.5. The van der Waals surface area contributed by atoms with Gasteiger partial charge in [-0.2, -0.15) is 0 Å². The lowest BCUT2D eigenvalue weighted by Gasteiger charge is -2.10. The molecule has 0 unspecified atom stereocenters. The summed E-state index contributed by atoms with van der Waals surface area (Å²) in [7, 11) is -1.53. The Balaban J connectivity index is 3.47. The molecular formula is C7H14ClO3Si. The molecule has 0 amide bonds. The first kappa shape index (κ1) is 12.1. The molecule has 0 aromatic heterocycles. The van der Waals surface area contributed by atoms with Gasteiger partial charge in [0.15, 0.2) is 0 Å². The van der Waals surface area contributed by atoms with E-state index in [2.05, 4.69) is 0 Å². The normalized spacial score (nSPS) is 11.7. The van der Waals surface area contributed by atoms with Crippen LogP contribution in [0.2, 0.25) is 0 Å². The lowest BCUT2D eigenvalue weighted by molar-refractivity contribution is 0.112. The van der Waals surface area contributed by atoms with E-state index in [4.69, 9.17) is 24.9 Å². The van der Waals surface area contributed by atoms with Gasteiger partial charge in [-0.05, 0) is 19.9 Å². The van der Waals surface area contributed by atoms with Crippen LogP contribution in [-0.4, -0.2) is 29.3 Å². The second kappa shape index (κ2) is 9.22. The van der Waals surface area contributed by atoms with E-state index >= 15 is 0 Å². The molecule has 0 spiro atoms. The third kappa shape index (κ3) is 6.81. The van der Waals surface area contributed by atoms with Gasteiger partial charge < -0.3 is 13.3 Å². The lowest BCUT2D eigenvalue weighted by Crippen LogP contribution is -2.27. The molecule has 0 N–H and O–H groups in total. The van der Waals surface area contributed by atoms with E-state index in [1.807, 2.05) is 13.8 Å². The van der Waals surface area contributed by atoms with Crippen LogP contribution >= 0.6 is 11.6 Å². The van der Waals surface area contributed by atoms with Crippen LogP contribution in [0, 0.1) is 0 Å². The summed E-state index contributed by atoms with van der Waals surface area (Å²) in [4.78, 5) is 0. The van der Waals surface area contributed by atoms with Gasteiger partial charge in [0, 0.05) is 18.7 Å². The molecule has 0 aliphatic rings. The van der Waals surface area contributed by atoms with Gasteiger partial charge in [-0.15, -0.1) is 0 Å². The van der Waals surface area contributed by atoms with Crippen molar-refractivity contribution in [2.45, 2.75) is 13.8 Å². The van der Waals surface area contributed by atoms with Crippen molar-refractivity contribution in [3.63, 3.8) is 0 Å². The van der Waals surface area contributed by atoms with E-state index in [0.29, 0.717) is 19.8 Å². The maximum absolute atomic E-state index is 5.31. The SMILES string of the molecule is CCO[Si](OCC)OCC=CCl. The third-order valence-electron chi connectivity index (χ3n) is 0.911. The van der Waals surface area contributed by atoms with E-state index in [1.165, 1.54) is 5.54 Å². The van der Waals surface area contributed by atoms with Crippen molar-refractivity contribution >= 4 is 21.1 Å². The Hall–Kier alpha value is 0.127. The summed E-state index contributed by atoms with van der Waals surface area (Å²) in [5.74, 6) is 0. The molecule has 0 aliphatic carbocycles. The lowest BCUT2D eigenvalue weighted by atomic mass is 10.7. The van der Waals surface area contributed by atoms with Gasteiger partial charge in [-0.1, -0.05) is 11.6 Å². The smallest absolute Gasteiger partial charge is 0.371 e. The topological polar surface area (TPSA) is 27.7 Å². The summed E-state index contributed by atoms with van der Waals surface area (Å²) >= 11 is 5.31. The van der Waals surface area contributed by atoms with Gasteiger partial charge in [0.05, 0.1) is 6.61 Å². The Morgan fingerprint density at radius 2 is 1.75 bits per heavy atom. The summed E-state index contributed by atoms with van der Waals surface area (Å²) in [6.45, 7) is 5.48. The van der Waals surface area contributed by atoms with Crippen LogP contribution in [-0.2, 0) is 13.3 Å². The summed E-state index contributed by atoms with van der Waals surface area (Å²) in [6, 6.07) is 0. The quantitative estimate of drug-likeness (QED) is 0.599. The van der Waals surface area contributed by atoms with E-state index in [9.17, 15) is 0 Å². The molecule has 0 aromatic rings. The maximum Gasteiger partial charge on any atom is 0.578 e. The molecule has 3 nitrogen and oxygen atoms in total. The molecular weight excluding hydrogens is 196 g/mol. The largest absolute Gasteiger partial charge is 0.578 e. The monoisotopic (exact) mass is 209 g/mol. The molecule has 0 aromatic carbocycles. The van der Waals surface area contributed by atoms with E-state index in [-0.39, 0.29) is 0 Å². The van der Waals surface area contributed by atoms with Crippen LogP contribution in [0.5, 0.6) is 0 Å². The fraction of sp³-hybridized carbons (Fsp3) is 0.714. The van der Waals surface area contributed by atoms with Crippen LogP contribution in [0.1, 0.15) is 13.8 Å². The van der Waals surface area contributed by atoms with Crippen molar-refractivity contribution < 1.29 is 13.3 Å². The standard InChI is InChI=1S/C7H14ClO3Si/c1-3-9-12(10-4-2)11-7-5-6-8/h5-6H,3-4,7H2,1-2H3. The predicted octanol–water partition coefficient (Wildman–Crippen LogP) is 1.81. The molecule has 12 heavy (non-hydrogen) atoms. The maximum atomic E-state index is 5.31. The van der Waals surface area contributed by atoms with Crippen molar-refractivity contribution in [3.8, 4) is 0 Å². The van der Waals surface area contributed by atoms with Crippen molar-refractivity contribution in [3.05, 3.63) is 11.6 Å². The first-order valence-electron chi connectivity index (χ1n) is 3.85. The second-order valence-corrected chi connectivity index (χ2v) is 3.41. The molecule has 0 atom stereocenters. The molecule has 71 valence electrons. The van der Waals surface area contributed by atoms with Crippen LogP contribution in [0.4, 0.5) is 0 Å². The molecule has 0 saturated heterocycles. The Kier molecular flexibility index (Phi) is 9.31. The van der Waals surface area contributed by atoms with E-state index < -0.39 is 9.53 Å². The number of hydrogen-bond donors (Lipinski definition) is 0. The van der Waals surface area contributed by atoms with Crippen LogP contribution in [0.15, 0.2) is 11.6 Å². The van der Waals surface area contributed by atoms with E-state index in [0.717, 1.165) is 0 Å². The average molecular weight is 210 g/mol. The summed E-state index contributed by atoms with van der Waals surface area (Å²) in [5.41, 5.74) is 1.41. The first-order valence-corrected chi connectivity index (χ1v) is 5.51. The summed E-state index contributed by atoms with van der Waals surface area (Å²) in [5, 5.41) is 0. The fourth-order valence-electron chi connectivity index (χ4n) is 0.513. The zero-order chi connectivity index (χ0) is 9.23. The predicted molar refractivity (Wildman–Crippen MR) is 50.0 cm³/mol. The Morgan fingerprint density at radius 3 is 2.17 bits per heavy atom. The Labute approximate surface area is 80.2 Å². The van der Waals surface area contributed by atoms with Crippen molar-refractivity contribution in [1.82, 2.24) is 0 Å². The number of rotatable bonds is 7. The minimum atomic E-state index is -1.53. The molecule has 0 saturated carbocycles. The van der Waals surface area contributed by atoms with Crippen molar-refractivity contribution in [2.75, 3.05) is 19.8 Å². The fourth-order valence-corrected chi connectivity index (χ4v) is 1.54. The van der Waals surface area contributed by atoms with Crippen LogP contribution in [0.25, 0.3) is 0 Å². The zero-order valence-electron chi connectivity index (χ0n) is 7.38. The van der Waals surface area contributed by atoms with Crippen molar-refractivity contribution in [1.29, 1.82) is 0 Å². The van der Waals surface area contributed by atoms with Gasteiger partial charge in [-0.3, -0.25) is 0 Å². The third-order valence-corrected chi connectivity index (χ3v) is 2.54. The first-order chi connectivity index (χ1) is 5.85. The van der Waals surface area contributed by atoms with Gasteiger partial charge in [-0.25, -0.2) is 0 Å². The second-order valence-electron chi connectivity index (χ2n) is 1.79. The molecule has 1 radical (unpaired) electrons. The molecule has 0 bridgehead atoms. The minimum absolute atomic E-state index is 0.442. The van der Waals surface area contributed by atoms with Crippen LogP contribution < -0.4 is 0 Å². The average Bonchev–Trinajstić information content (AvgIpc) is 2.06.